The first kappa shape index (κ1) is 19.1. The molecule has 2 aromatic rings. The van der Waals surface area contributed by atoms with E-state index in [1.165, 1.54) is 30.5 Å². The van der Waals surface area contributed by atoms with Crippen molar-refractivity contribution in [3.63, 3.8) is 0 Å². The quantitative estimate of drug-likeness (QED) is 0.673. The second-order valence-electron chi connectivity index (χ2n) is 8.62. The molecule has 1 aliphatic heterocycles. The lowest BCUT2D eigenvalue weighted by Crippen LogP contribution is -2.17. The molecule has 0 saturated carbocycles. The number of hydrogen-bond acceptors (Lipinski definition) is 3. The largest absolute Gasteiger partial charge is 0.542 e. The zero-order valence-corrected chi connectivity index (χ0v) is 18.0. The maximum Gasteiger partial charge on any atom is 0.274 e. The Hall–Kier alpha value is -1.65. The summed E-state index contributed by atoms with van der Waals surface area (Å²) >= 11 is 0. The van der Waals surface area contributed by atoms with Gasteiger partial charge in [-0.1, -0.05) is 32.9 Å². The minimum absolute atomic E-state index is 0.109. The summed E-state index contributed by atoms with van der Waals surface area (Å²) < 4.78 is 6.29. The van der Waals surface area contributed by atoms with Crippen LogP contribution in [-0.2, 0) is 5.41 Å². The molecule has 0 aliphatic carbocycles. The van der Waals surface area contributed by atoms with Gasteiger partial charge in [0.25, 0.3) is 9.04 Å². The summed E-state index contributed by atoms with van der Waals surface area (Å²) in [7, 11) is 1.37. The minimum atomic E-state index is -0.840. The van der Waals surface area contributed by atoms with E-state index in [0.717, 1.165) is 16.9 Å². The first-order valence-corrected chi connectivity index (χ1v) is 11.9. The standard InChI is InChI=1S/C22H31N2OSi/c1-22(2,3)18-9-10-19(21(13-18)25-26(5)6)16-12-17(15-23-14-16)20-8-7-11-24(20)4/h9-10,12-15,20H,7-8,11H2,1-6H3. The van der Waals surface area contributed by atoms with E-state index in [1.54, 1.807) is 0 Å². The Morgan fingerprint density at radius 1 is 1.15 bits per heavy atom. The molecule has 1 atom stereocenters. The van der Waals surface area contributed by atoms with Crippen molar-refractivity contribution in [2.75, 3.05) is 13.6 Å². The highest BCUT2D eigenvalue weighted by Gasteiger charge is 2.24. The lowest BCUT2D eigenvalue weighted by atomic mass is 9.86. The second kappa shape index (κ2) is 7.53. The Bertz CT molecular complexity index is 767. The Kier molecular flexibility index (Phi) is 5.54. The third-order valence-electron chi connectivity index (χ3n) is 5.14. The van der Waals surface area contributed by atoms with E-state index in [0.29, 0.717) is 6.04 Å². The summed E-state index contributed by atoms with van der Waals surface area (Å²) in [6.45, 7) is 12.3. The van der Waals surface area contributed by atoms with E-state index in [9.17, 15) is 0 Å². The number of likely N-dealkylation sites (tertiary alicyclic amines) is 1. The van der Waals surface area contributed by atoms with E-state index in [1.807, 2.05) is 12.4 Å². The molecule has 0 amide bonds. The summed E-state index contributed by atoms with van der Waals surface area (Å²) in [6.07, 6.45) is 6.46. The van der Waals surface area contributed by atoms with Crippen molar-refractivity contribution in [1.82, 2.24) is 9.88 Å². The lowest BCUT2D eigenvalue weighted by Gasteiger charge is -2.23. The monoisotopic (exact) mass is 367 g/mol. The molecule has 0 N–H and O–H groups in total. The highest BCUT2D eigenvalue weighted by Crippen LogP contribution is 2.37. The minimum Gasteiger partial charge on any atom is -0.542 e. The van der Waals surface area contributed by atoms with E-state index in [2.05, 4.69) is 75.1 Å². The van der Waals surface area contributed by atoms with Gasteiger partial charge in [0.05, 0.1) is 0 Å². The Morgan fingerprint density at radius 2 is 1.92 bits per heavy atom. The maximum atomic E-state index is 6.29. The highest BCUT2D eigenvalue weighted by atomic mass is 28.3. The van der Waals surface area contributed by atoms with Gasteiger partial charge in [0.1, 0.15) is 5.75 Å². The Labute approximate surface area is 160 Å². The lowest BCUT2D eigenvalue weighted by molar-refractivity contribution is 0.317. The molecule has 1 aromatic heterocycles. The first-order valence-electron chi connectivity index (χ1n) is 9.54. The number of pyridine rings is 1. The van der Waals surface area contributed by atoms with Crippen LogP contribution in [0, 0.1) is 0 Å². The zero-order chi connectivity index (χ0) is 18.9. The van der Waals surface area contributed by atoms with Crippen LogP contribution in [0.3, 0.4) is 0 Å². The van der Waals surface area contributed by atoms with E-state index in [4.69, 9.17) is 4.43 Å². The van der Waals surface area contributed by atoms with Gasteiger partial charge >= 0.3 is 0 Å². The molecular formula is C22H31N2OSi. The molecule has 3 nitrogen and oxygen atoms in total. The summed E-state index contributed by atoms with van der Waals surface area (Å²) in [5, 5.41) is 0. The fourth-order valence-electron chi connectivity index (χ4n) is 3.65. The molecule has 1 radical (unpaired) electrons. The smallest absolute Gasteiger partial charge is 0.274 e. The van der Waals surface area contributed by atoms with E-state index < -0.39 is 9.04 Å². The number of hydrogen-bond donors (Lipinski definition) is 0. The van der Waals surface area contributed by atoms with Gasteiger partial charge in [-0.2, -0.15) is 0 Å². The molecule has 0 spiro atoms. The summed E-state index contributed by atoms with van der Waals surface area (Å²) in [4.78, 5) is 6.99. The molecule has 1 unspecified atom stereocenters. The van der Waals surface area contributed by atoms with Crippen LogP contribution in [0.5, 0.6) is 5.75 Å². The third-order valence-corrected chi connectivity index (χ3v) is 5.77. The molecular weight excluding hydrogens is 336 g/mol. The van der Waals surface area contributed by atoms with Crippen molar-refractivity contribution in [2.24, 2.45) is 0 Å². The SMILES string of the molecule is CN1CCCC1c1cncc(-c2ccc(C(C)(C)C)cc2O[Si](C)C)c1. The topological polar surface area (TPSA) is 25.4 Å². The predicted octanol–water partition coefficient (Wildman–Crippen LogP) is 5.44. The first-order chi connectivity index (χ1) is 12.3. The maximum absolute atomic E-state index is 6.29. The van der Waals surface area contributed by atoms with Crippen molar-refractivity contribution in [1.29, 1.82) is 0 Å². The molecule has 26 heavy (non-hydrogen) atoms. The second-order valence-corrected chi connectivity index (χ2v) is 10.6. The van der Waals surface area contributed by atoms with Crippen molar-refractivity contribution in [2.45, 2.75) is 58.2 Å². The molecule has 4 heteroatoms. The zero-order valence-electron chi connectivity index (χ0n) is 17.0. The predicted molar refractivity (Wildman–Crippen MR) is 111 cm³/mol. The van der Waals surface area contributed by atoms with Gasteiger partial charge in [-0.3, -0.25) is 9.88 Å². The average molecular weight is 368 g/mol. The van der Waals surface area contributed by atoms with Gasteiger partial charge in [-0.25, -0.2) is 0 Å². The Morgan fingerprint density at radius 3 is 2.54 bits per heavy atom. The van der Waals surface area contributed by atoms with Crippen LogP contribution in [-0.4, -0.2) is 32.5 Å². The number of benzene rings is 1. The van der Waals surface area contributed by atoms with Crippen LogP contribution in [0.25, 0.3) is 11.1 Å². The van der Waals surface area contributed by atoms with Crippen molar-refractivity contribution in [3.05, 3.63) is 47.8 Å². The van der Waals surface area contributed by atoms with Gasteiger partial charge in [0.2, 0.25) is 0 Å². The summed E-state index contributed by atoms with van der Waals surface area (Å²) in [5.41, 5.74) is 5.03. The van der Waals surface area contributed by atoms with Crippen molar-refractivity contribution in [3.8, 4) is 16.9 Å². The van der Waals surface area contributed by atoms with Crippen LogP contribution < -0.4 is 4.43 Å². The van der Waals surface area contributed by atoms with Crippen LogP contribution >= 0.6 is 0 Å². The van der Waals surface area contributed by atoms with E-state index >= 15 is 0 Å². The number of nitrogens with zero attached hydrogens (tertiary/aromatic N) is 2. The van der Waals surface area contributed by atoms with Gasteiger partial charge in [-0.05, 0) is 68.2 Å². The fraction of sp³-hybridized carbons (Fsp3) is 0.500. The average Bonchev–Trinajstić information content (AvgIpc) is 2.99. The van der Waals surface area contributed by atoms with Gasteiger partial charge < -0.3 is 4.43 Å². The van der Waals surface area contributed by atoms with Gasteiger partial charge in [-0.15, -0.1) is 0 Å². The van der Waals surface area contributed by atoms with Crippen LogP contribution in [0.2, 0.25) is 13.1 Å². The Balaban J connectivity index is 2.02. The highest BCUT2D eigenvalue weighted by molar-refractivity contribution is 6.49. The molecule has 0 bridgehead atoms. The summed E-state index contributed by atoms with van der Waals surface area (Å²) in [6, 6.07) is 9.45. The third kappa shape index (κ3) is 4.18. The van der Waals surface area contributed by atoms with E-state index in [-0.39, 0.29) is 5.41 Å². The fourth-order valence-corrected chi connectivity index (χ4v) is 4.26. The molecule has 1 aliphatic rings. The number of aromatic nitrogens is 1. The molecule has 1 fully saturated rings. The summed E-state index contributed by atoms with van der Waals surface area (Å²) in [5.74, 6) is 0.995. The van der Waals surface area contributed by atoms with Crippen LogP contribution in [0.1, 0.15) is 50.8 Å². The van der Waals surface area contributed by atoms with Crippen molar-refractivity contribution >= 4 is 9.04 Å². The molecule has 2 heterocycles. The van der Waals surface area contributed by atoms with Crippen LogP contribution in [0.15, 0.2) is 36.7 Å². The van der Waals surface area contributed by atoms with Crippen molar-refractivity contribution < 1.29 is 4.43 Å². The number of rotatable bonds is 4. The van der Waals surface area contributed by atoms with Gasteiger partial charge in [0.15, 0.2) is 0 Å². The molecule has 1 aromatic carbocycles. The molecule has 139 valence electrons. The molecule has 3 rings (SSSR count). The van der Waals surface area contributed by atoms with Crippen LogP contribution in [0.4, 0.5) is 0 Å². The normalized spacial score (nSPS) is 18.5. The van der Waals surface area contributed by atoms with Gasteiger partial charge in [0, 0.05) is 29.6 Å². The molecule has 1 saturated heterocycles.